The first kappa shape index (κ1) is 19.4. The van der Waals surface area contributed by atoms with Crippen molar-refractivity contribution in [2.24, 2.45) is 0 Å². The second kappa shape index (κ2) is 7.46. The van der Waals surface area contributed by atoms with Gasteiger partial charge in [0.25, 0.3) is 0 Å². The molecule has 0 unspecified atom stereocenters. The molecule has 0 spiro atoms. The van der Waals surface area contributed by atoms with Crippen LogP contribution in [0.1, 0.15) is 36.8 Å². The molecule has 2 N–H and O–H groups in total. The van der Waals surface area contributed by atoms with Gasteiger partial charge in [-0.15, -0.1) is 0 Å². The molecule has 0 bridgehead atoms. The van der Waals surface area contributed by atoms with Gasteiger partial charge >= 0.3 is 0 Å². The van der Waals surface area contributed by atoms with E-state index in [1.54, 1.807) is 30.3 Å². The third-order valence-corrected chi connectivity index (χ3v) is 7.09. The lowest BCUT2D eigenvalue weighted by Crippen LogP contribution is -2.33. The monoisotopic (exact) mass is 460 g/mol. The highest BCUT2D eigenvalue weighted by atomic mass is 79.9. The summed E-state index contributed by atoms with van der Waals surface area (Å²) < 4.78 is 28.0. The Morgan fingerprint density at radius 1 is 1.04 bits per heavy atom. The number of sulfonamides is 1. The molecule has 146 valence electrons. The quantitative estimate of drug-likeness (QED) is 0.618. The zero-order chi connectivity index (χ0) is 19.8. The molecule has 2 aliphatic carbocycles. The Labute approximate surface area is 173 Å². The molecule has 2 aliphatic rings. The van der Waals surface area contributed by atoms with Gasteiger partial charge in [0.2, 0.25) is 15.9 Å². The van der Waals surface area contributed by atoms with Crippen LogP contribution < -0.4 is 10.0 Å². The highest BCUT2D eigenvalue weighted by Crippen LogP contribution is 2.45. The van der Waals surface area contributed by atoms with Crippen molar-refractivity contribution in [3.63, 3.8) is 0 Å². The minimum atomic E-state index is -3.45. The number of benzene rings is 2. The van der Waals surface area contributed by atoms with Crippen LogP contribution in [-0.2, 0) is 20.4 Å². The van der Waals surface area contributed by atoms with Gasteiger partial charge in [0.1, 0.15) is 0 Å². The summed E-state index contributed by atoms with van der Waals surface area (Å²) in [5, 5.41) is 3.09. The first-order valence-electron chi connectivity index (χ1n) is 9.25. The lowest BCUT2D eigenvalue weighted by Gasteiger charge is -2.17. The van der Waals surface area contributed by atoms with Crippen LogP contribution in [0, 0.1) is 0 Å². The van der Waals surface area contributed by atoms with Crippen molar-refractivity contribution in [2.45, 2.75) is 42.2 Å². The van der Waals surface area contributed by atoms with Gasteiger partial charge in [-0.05, 0) is 67.2 Å². The molecule has 0 radical (unpaired) electrons. The van der Waals surface area contributed by atoms with E-state index in [0.29, 0.717) is 0 Å². The molecule has 2 saturated carbocycles. The molecule has 4 rings (SSSR count). The largest absolute Gasteiger partial charge is 0.343 e. The van der Waals surface area contributed by atoms with Gasteiger partial charge in [-0.1, -0.05) is 40.2 Å². The van der Waals surface area contributed by atoms with Crippen molar-refractivity contribution in [1.82, 2.24) is 10.0 Å². The minimum absolute atomic E-state index is 0.0775. The van der Waals surface area contributed by atoms with E-state index < -0.39 is 10.0 Å². The predicted molar refractivity (Wildman–Crippen MR) is 112 cm³/mol. The van der Waals surface area contributed by atoms with Crippen molar-refractivity contribution in [3.05, 3.63) is 70.2 Å². The Morgan fingerprint density at radius 3 is 2.25 bits per heavy atom. The Morgan fingerprint density at radius 2 is 1.68 bits per heavy atom. The fourth-order valence-electron chi connectivity index (χ4n) is 3.08. The molecule has 5 nitrogen and oxygen atoms in total. The van der Waals surface area contributed by atoms with Crippen molar-refractivity contribution < 1.29 is 13.2 Å². The summed E-state index contributed by atoms with van der Waals surface area (Å²) >= 11 is 3.43. The van der Waals surface area contributed by atoms with Gasteiger partial charge in [0, 0.05) is 16.6 Å². The molecule has 2 aromatic rings. The molecule has 0 aliphatic heterocycles. The Kier molecular flexibility index (Phi) is 5.16. The number of rotatable bonds is 7. The first-order chi connectivity index (χ1) is 13.4. The molecule has 7 heteroatoms. The van der Waals surface area contributed by atoms with Crippen LogP contribution in [0.15, 0.2) is 64.0 Å². The minimum Gasteiger partial charge on any atom is -0.343 e. The fourth-order valence-corrected chi connectivity index (χ4v) is 4.65. The number of halogens is 1. The van der Waals surface area contributed by atoms with E-state index in [2.05, 4.69) is 26.0 Å². The molecule has 28 heavy (non-hydrogen) atoms. The molecular formula is C21H21BrN2O3S. The van der Waals surface area contributed by atoms with Gasteiger partial charge in [-0.25, -0.2) is 13.1 Å². The highest BCUT2D eigenvalue weighted by Gasteiger charge is 2.45. The lowest BCUT2D eigenvalue weighted by molar-refractivity contribution is -0.117. The summed E-state index contributed by atoms with van der Waals surface area (Å²) in [7, 11) is -3.45. The summed E-state index contributed by atoms with van der Waals surface area (Å²) in [6.45, 7) is 0. The van der Waals surface area contributed by atoms with E-state index in [1.165, 1.54) is 6.08 Å². The molecule has 1 amide bonds. The van der Waals surface area contributed by atoms with Crippen LogP contribution in [0.5, 0.6) is 0 Å². The highest BCUT2D eigenvalue weighted by molar-refractivity contribution is 9.10. The maximum absolute atomic E-state index is 12.4. The van der Waals surface area contributed by atoms with Crippen LogP contribution in [0.2, 0.25) is 0 Å². The topological polar surface area (TPSA) is 75.3 Å². The van der Waals surface area contributed by atoms with E-state index in [-0.39, 0.29) is 22.4 Å². The van der Waals surface area contributed by atoms with E-state index in [0.717, 1.165) is 41.3 Å². The summed E-state index contributed by atoms with van der Waals surface area (Å²) in [6.07, 6.45) is 6.83. The number of amides is 1. The Balaban J connectivity index is 1.38. The SMILES string of the molecule is O=C(/C=C/c1ccc(S(=O)(=O)NC2CC2)cc1)NC1(c2ccc(Br)cc2)CC1. The molecule has 0 atom stereocenters. The van der Waals surface area contributed by atoms with E-state index in [9.17, 15) is 13.2 Å². The maximum atomic E-state index is 12.4. The summed E-state index contributed by atoms with van der Waals surface area (Å²) in [5.74, 6) is -0.160. The zero-order valence-corrected chi connectivity index (χ0v) is 17.6. The van der Waals surface area contributed by atoms with Gasteiger partial charge in [-0.3, -0.25) is 4.79 Å². The van der Waals surface area contributed by atoms with Crippen LogP contribution in [0.3, 0.4) is 0 Å². The van der Waals surface area contributed by atoms with Gasteiger partial charge < -0.3 is 5.32 Å². The number of hydrogen-bond donors (Lipinski definition) is 2. The van der Waals surface area contributed by atoms with Crippen molar-refractivity contribution in [2.75, 3.05) is 0 Å². The Hall–Kier alpha value is -1.96. The van der Waals surface area contributed by atoms with E-state index >= 15 is 0 Å². The van der Waals surface area contributed by atoms with Gasteiger partial charge in [-0.2, -0.15) is 0 Å². The van der Waals surface area contributed by atoms with Crippen LogP contribution in [0.25, 0.3) is 6.08 Å². The van der Waals surface area contributed by atoms with Crippen molar-refractivity contribution >= 4 is 37.9 Å². The van der Waals surface area contributed by atoms with Gasteiger partial charge in [0.05, 0.1) is 10.4 Å². The van der Waals surface area contributed by atoms with E-state index in [1.807, 2.05) is 24.3 Å². The number of hydrogen-bond acceptors (Lipinski definition) is 3. The number of nitrogens with one attached hydrogen (secondary N) is 2. The molecule has 0 saturated heterocycles. The zero-order valence-electron chi connectivity index (χ0n) is 15.2. The second-order valence-corrected chi connectivity index (χ2v) is 10.0. The summed E-state index contributed by atoms with van der Waals surface area (Å²) in [6, 6.07) is 14.6. The van der Waals surface area contributed by atoms with E-state index in [4.69, 9.17) is 0 Å². The Bertz CT molecular complexity index is 1010. The summed E-state index contributed by atoms with van der Waals surface area (Å²) in [4.78, 5) is 12.6. The smallest absolute Gasteiger partial charge is 0.244 e. The number of carbonyl (C=O) groups excluding carboxylic acids is 1. The average Bonchev–Trinajstić information content (AvgIpc) is 3.59. The van der Waals surface area contributed by atoms with Crippen LogP contribution in [-0.4, -0.2) is 20.4 Å². The average molecular weight is 461 g/mol. The lowest BCUT2D eigenvalue weighted by atomic mass is 10.1. The standard InChI is InChI=1S/C21H21BrN2O3S/c22-17-6-4-16(5-7-17)21(13-14-21)23-20(25)12-3-15-1-10-19(11-2-15)28(26,27)24-18-8-9-18/h1-7,10-12,18,24H,8-9,13-14H2,(H,23,25)/b12-3+. The normalized spacial score (nSPS) is 18.2. The molecule has 2 aromatic carbocycles. The predicted octanol–water partition coefficient (Wildman–Crippen LogP) is 3.71. The van der Waals surface area contributed by atoms with Crippen molar-refractivity contribution in [3.8, 4) is 0 Å². The first-order valence-corrected chi connectivity index (χ1v) is 11.5. The molecular weight excluding hydrogens is 440 g/mol. The molecule has 0 aromatic heterocycles. The molecule has 0 heterocycles. The fraction of sp³-hybridized carbons (Fsp3) is 0.286. The summed E-state index contributed by atoms with van der Waals surface area (Å²) in [5.41, 5.74) is 1.61. The van der Waals surface area contributed by atoms with Crippen LogP contribution in [0.4, 0.5) is 0 Å². The van der Waals surface area contributed by atoms with Crippen molar-refractivity contribution in [1.29, 1.82) is 0 Å². The third-order valence-electron chi connectivity index (χ3n) is 5.03. The maximum Gasteiger partial charge on any atom is 0.244 e. The second-order valence-electron chi connectivity index (χ2n) is 7.38. The number of carbonyl (C=O) groups is 1. The van der Waals surface area contributed by atoms with Crippen LogP contribution >= 0.6 is 15.9 Å². The molecule has 2 fully saturated rings. The third kappa shape index (κ3) is 4.54. The van der Waals surface area contributed by atoms with Gasteiger partial charge in [0.15, 0.2) is 0 Å².